The van der Waals surface area contributed by atoms with Gasteiger partial charge in [0.2, 0.25) is 0 Å². The SMILES string of the molecule is COC(c1ccnc(Cl)c1)c1cncn1C(C)c1ccc(F)cc1. The van der Waals surface area contributed by atoms with Gasteiger partial charge in [-0.15, -0.1) is 0 Å². The fourth-order valence-electron chi connectivity index (χ4n) is 2.75. The van der Waals surface area contributed by atoms with Crippen molar-refractivity contribution in [2.24, 2.45) is 0 Å². The van der Waals surface area contributed by atoms with Crippen molar-refractivity contribution >= 4 is 11.6 Å². The van der Waals surface area contributed by atoms with E-state index in [0.717, 1.165) is 16.8 Å². The molecule has 0 radical (unpaired) electrons. The highest BCUT2D eigenvalue weighted by molar-refractivity contribution is 6.29. The van der Waals surface area contributed by atoms with Crippen molar-refractivity contribution in [3.63, 3.8) is 0 Å². The first-order valence-corrected chi connectivity index (χ1v) is 7.89. The Bertz CT molecular complexity index is 819. The smallest absolute Gasteiger partial charge is 0.129 e. The number of pyridine rings is 1. The summed E-state index contributed by atoms with van der Waals surface area (Å²) in [6.45, 7) is 2.03. The van der Waals surface area contributed by atoms with Gasteiger partial charge in [0.1, 0.15) is 17.1 Å². The van der Waals surface area contributed by atoms with Crippen molar-refractivity contribution in [2.75, 3.05) is 7.11 Å². The van der Waals surface area contributed by atoms with Crippen LogP contribution in [0.4, 0.5) is 4.39 Å². The topological polar surface area (TPSA) is 39.9 Å². The third-order valence-corrected chi connectivity index (χ3v) is 4.23. The first-order valence-electron chi connectivity index (χ1n) is 7.51. The predicted octanol–water partition coefficient (Wildman–Crippen LogP) is 4.42. The van der Waals surface area contributed by atoms with Crippen LogP contribution in [0.15, 0.2) is 55.1 Å². The molecule has 3 aromatic rings. The highest BCUT2D eigenvalue weighted by atomic mass is 35.5. The molecule has 0 N–H and O–H groups in total. The number of benzene rings is 1. The summed E-state index contributed by atoms with van der Waals surface area (Å²) in [7, 11) is 1.64. The lowest BCUT2D eigenvalue weighted by Crippen LogP contribution is -2.14. The normalized spacial score (nSPS) is 13.7. The van der Waals surface area contributed by atoms with E-state index in [1.54, 1.807) is 44.0 Å². The van der Waals surface area contributed by atoms with Crippen LogP contribution in [0.1, 0.15) is 35.9 Å². The molecule has 6 heteroatoms. The zero-order chi connectivity index (χ0) is 17.1. The van der Waals surface area contributed by atoms with Crippen molar-refractivity contribution in [3.8, 4) is 0 Å². The molecule has 2 atom stereocenters. The molecule has 0 aliphatic rings. The molecule has 2 unspecified atom stereocenters. The maximum atomic E-state index is 13.2. The number of hydrogen-bond donors (Lipinski definition) is 0. The van der Waals surface area contributed by atoms with Gasteiger partial charge in [-0.2, -0.15) is 0 Å². The number of imidazole rings is 1. The van der Waals surface area contributed by atoms with E-state index in [2.05, 4.69) is 9.97 Å². The van der Waals surface area contributed by atoms with Gasteiger partial charge < -0.3 is 9.30 Å². The van der Waals surface area contributed by atoms with Crippen LogP contribution in [-0.4, -0.2) is 21.6 Å². The molecule has 0 amide bonds. The van der Waals surface area contributed by atoms with Gasteiger partial charge in [0.05, 0.1) is 24.3 Å². The molecule has 4 nitrogen and oxygen atoms in total. The average Bonchev–Trinajstić information content (AvgIpc) is 3.05. The van der Waals surface area contributed by atoms with Crippen molar-refractivity contribution in [2.45, 2.75) is 19.1 Å². The number of aromatic nitrogens is 3. The Morgan fingerprint density at radius 1 is 1.17 bits per heavy atom. The fourth-order valence-corrected chi connectivity index (χ4v) is 2.93. The van der Waals surface area contributed by atoms with Gasteiger partial charge in [-0.25, -0.2) is 14.4 Å². The number of ether oxygens (including phenoxy) is 1. The van der Waals surface area contributed by atoms with Crippen molar-refractivity contribution in [3.05, 3.63) is 82.9 Å². The van der Waals surface area contributed by atoms with Crippen molar-refractivity contribution < 1.29 is 9.13 Å². The minimum absolute atomic E-state index is 0.0157. The summed E-state index contributed by atoms with van der Waals surface area (Å²) in [5.41, 5.74) is 2.76. The summed E-state index contributed by atoms with van der Waals surface area (Å²) in [5.74, 6) is -0.252. The summed E-state index contributed by atoms with van der Waals surface area (Å²) in [5, 5.41) is 0.409. The molecule has 2 aromatic heterocycles. The Kier molecular flexibility index (Phi) is 4.92. The van der Waals surface area contributed by atoms with E-state index in [4.69, 9.17) is 16.3 Å². The Morgan fingerprint density at radius 3 is 2.58 bits per heavy atom. The molecule has 3 rings (SSSR count). The highest BCUT2D eigenvalue weighted by Crippen LogP contribution is 2.30. The van der Waals surface area contributed by atoms with Crippen LogP contribution in [0.3, 0.4) is 0 Å². The second-order valence-electron chi connectivity index (χ2n) is 5.48. The van der Waals surface area contributed by atoms with Crippen molar-refractivity contribution in [1.29, 1.82) is 0 Å². The van der Waals surface area contributed by atoms with Gasteiger partial charge in [0.15, 0.2) is 0 Å². The summed E-state index contributed by atoms with van der Waals surface area (Å²) in [6.07, 6.45) is 4.84. The van der Waals surface area contributed by atoms with Crippen LogP contribution in [-0.2, 0) is 4.74 Å². The Morgan fingerprint density at radius 2 is 1.92 bits per heavy atom. The lowest BCUT2D eigenvalue weighted by Gasteiger charge is -2.22. The number of rotatable bonds is 5. The average molecular weight is 346 g/mol. The standard InChI is InChI=1S/C18H17ClFN3O/c1-12(13-3-5-15(20)6-4-13)23-11-21-10-16(23)18(24-2)14-7-8-22-17(19)9-14/h3-12,18H,1-2H3. The quantitative estimate of drug-likeness (QED) is 0.643. The van der Waals surface area contributed by atoms with Crippen LogP contribution in [0.5, 0.6) is 0 Å². The largest absolute Gasteiger partial charge is 0.370 e. The van der Waals surface area contributed by atoms with E-state index in [0.29, 0.717) is 5.15 Å². The van der Waals surface area contributed by atoms with Crippen LogP contribution >= 0.6 is 11.6 Å². The number of halogens is 2. The molecule has 0 spiro atoms. The summed E-state index contributed by atoms with van der Waals surface area (Å²) in [6, 6.07) is 10.1. The van der Waals surface area contributed by atoms with Gasteiger partial charge in [0.25, 0.3) is 0 Å². The number of methoxy groups -OCH3 is 1. The molecular weight excluding hydrogens is 329 g/mol. The van der Waals surface area contributed by atoms with Gasteiger partial charge in [-0.1, -0.05) is 23.7 Å². The number of hydrogen-bond acceptors (Lipinski definition) is 3. The third kappa shape index (κ3) is 3.32. The van der Waals surface area contributed by atoms with Gasteiger partial charge in [0, 0.05) is 13.3 Å². The zero-order valence-corrected chi connectivity index (χ0v) is 14.1. The predicted molar refractivity (Wildman–Crippen MR) is 90.5 cm³/mol. The lowest BCUT2D eigenvalue weighted by atomic mass is 10.1. The van der Waals surface area contributed by atoms with Crippen LogP contribution < -0.4 is 0 Å². The van der Waals surface area contributed by atoms with Gasteiger partial charge in [-0.3, -0.25) is 0 Å². The molecule has 24 heavy (non-hydrogen) atoms. The second-order valence-corrected chi connectivity index (χ2v) is 5.87. The van der Waals surface area contributed by atoms with E-state index in [1.807, 2.05) is 17.6 Å². The molecule has 0 saturated carbocycles. The molecule has 0 aliphatic heterocycles. The molecule has 0 aliphatic carbocycles. The monoisotopic (exact) mass is 345 g/mol. The molecule has 0 fully saturated rings. The minimum atomic E-state index is -0.323. The van der Waals surface area contributed by atoms with E-state index in [-0.39, 0.29) is 18.0 Å². The van der Waals surface area contributed by atoms with Gasteiger partial charge in [-0.05, 0) is 42.3 Å². The minimum Gasteiger partial charge on any atom is -0.370 e. The van der Waals surface area contributed by atoms with E-state index in [1.165, 1.54) is 12.1 Å². The molecule has 2 heterocycles. The third-order valence-electron chi connectivity index (χ3n) is 4.02. The van der Waals surface area contributed by atoms with Crippen LogP contribution in [0.25, 0.3) is 0 Å². The summed E-state index contributed by atoms with van der Waals surface area (Å²) >= 11 is 6.00. The first-order chi connectivity index (χ1) is 11.6. The summed E-state index contributed by atoms with van der Waals surface area (Å²) in [4.78, 5) is 8.27. The number of nitrogens with zero attached hydrogens (tertiary/aromatic N) is 3. The van der Waals surface area contributed by atoms with Crippen LogP contribution in [0, 0.1) is 5.82 Å². The van der Waals surface area contributed by atoms with E-state index in [9.17, 15) is 4.39 Å². The van der Waals surface area contributed by atoms with Gasteiger partial charge >= 0.3 is 0 Å². The van der Waals surface area contributed by atoms with Crippen LogP contribution in [0.2, 0.25) is 5.15 Å². The molecule has 0 bridgehead atoms. The summed E-state index contributed by atoms with van der Waals surface area (Å²) < 4.78 is 20.8. The second kappa shape index (κ2) is 7.11. The Balaban J connectivity index is 1.98. The van der Waals surface area contributed by atoms with Crippen molar-refractivity contribution in [1.82, 2.24) is 14.5 Å². The molecule has 124 valence electrons. The maximum absolute atomic E-state index is 13.2. The first kappa shape index (κ1) is 16.6. The molecule has 1 aromatic carbocycles. The highest BCUT2D eigenvalue weighted by Gasteiger charge is 2.21. The van der Waals surface area contributed by atoms with E-state index >= 15 is 0 Å². The zero-order valence-electron chi connectivity index (χ0n) is 13.4. The Hall–Kier alpha value is -2.24. The maximum Gasteiger partial charge on any atom is 0.129 e. The molecular formula is C18H17ClFN3O. The molecule has 0 saturated heterocycles. The lowest BCUT2D eigenvalue weighted by molar-refractivity contribution is 0.128. The Labute approximate surface area is 144 Å². The van der Waals surface area contributed by atoms with E-state index < -0.39 is 0 Å². The fraction of sp³-hybridized carbons (Fsp3) is 0.222.